The van der Waals surface area contributed by atoms with Gasteiger partial charge in [0.05, 0.1) is 12.2 Å². The second kappa shape index (κ2) is 6.13. The number of aryl methyl sites for hydroxylation is 1. The Kier molecular flexibility index (Phi) is 4.82. The lowest BCUT2D eigenvalue weighted by Gasteiger charge is -2.13. The highest BCUT2D eigenvalue weighted by Gasteiger charge is 2.16. The number of phenols is 1. The number of amides is 1. The van der Waals surface area contributed by atoms with Crippen LogP contribution in [0.15, 0.2) is 12.1 Å². The molecule has 0 aliphatic rings. The Labute approximate surface area is 101 Å². The van der Waals surface area contributed by atoms with Crippen LogP contribution in [0.1, 0.15) is 42.6 Å². The van der Waals surface area contributed by atoms with Crippen molar-refractivity contribution in [3.63, 3.8) is 0 Å². The number of ether oxygens (including phenoxy) is 1. The summed E-state index contributed by atoms with van der Waals surface area (Å²) in [5.41, 5.74) is 6.19. The Morgan fingerprint density at radius 1 is 1.41 bits per heavy atom. The molecule has 0 spiro atoms. The number of hydrogen-bond acceptors (Lipinski definition) is 3. The summed E-state index contributed by atoms with van der Waals surface area (Å²) in [5.74, 6) is -0.407. The fourth-order valence-corrected chi connectivity index (χ4v) is 1.68. The third kappa shape index (κ3) is 3.12. The summed E-state index contributed by atoms with van der Waals surface area (Å²) >= 11 is 0. The summed E-state index contributed by atoms with van der Waals surface area (Å²) < 4.78 is 5.40. The number of primary amides is 1. The van der Waals surface area contributed by atoms with Gasteiger partial charge in [0.15, 0.2) is 11.5 Å². The van der Waals surface area contributed by atoms with Crippen molar-refractivity contribution in [1.82, 2.24) is 0 Å². The fraction of sp³-hybridized carbons (Fsp3) is 0.462. The summed E-state index contributed by atoms with van der Waals surface area (Å²) in [5, 5.41) is 9.94. The number of unbranched alkanes of at least 4 members (excludes halogenated alkanes) is 1. The van der Waals surface area contributed by atoms with Gasteiger partial charge in [-0.25, -0.2) is 0 Å². The van der Waals surface area contributed by atoms with Gasteiger partial charge < -0.3 is 15.6 Å². The first kappa shape index (κ1) is 13.4. The van der Waals surface area contributed by atoms with Gasteiger partial charge in [-0.05, 0) is 31.4 Å². The number of carbonyl (C=O) groups excluding carboxylic acids is 1. The van der Waals surface area contributed by atoms with Crippen LogP contribution in [0.5, 0.6) is 11.5 Å². The Morgan fingerprint density at radius 2 is 2.12 bits per heavy atom. The van der Waals surface area contributed by atoms with Crippen molar-refractivity contribution in [2.24, 2.45) is 5.73 Å². The van der Waals surface area contributed by atoms with Gasteiger partial charge >= 0.3 is 0 Å². The topological polar surface area (TPSA) is 72.6 Å². The van der Waals surface area contributed by atoms with Crippen LogP contribution in [-0.2, 0) is 6.42 Å². The van der Waals surface area contributed by atoms with E-state index in [1.54, 1.807) is 12.1 Å². The van der Waals surface area contributed by atoms with Crippen molar-refractivity contribution >= 4 is 5.91 Å². The summed E-state index contributed by atoms with van der Waals surface area (Å²) in [6.45, 7) is 4.37. The highest BCUT2D eigenvalue weighted by Crippen LogP contribution is 2.34. The molecule has 1 aromatic rings. The van der Waals surface area contributed by atoms with Crippen LogP contribution in [0.25, 0.3) is 0 Å². The molecule has 0 saturated heterocycles. The van der Waals surface area contributed by atoms with Crippen LogP contribution in [0.2, 0.25) is 0 Å². The van der Waals surface area contributed by atoms with Gasteiger partial charge in [-0.3, -0.25) is 4.79 Å². The first-order valence-corrected chi connectivity index (χ1v) is 5.89. The molecule has 17 heavy (non-hydrogen) atoms. The predicted molar refractivity (Wildman–Crippen MR) is 66.4 cm³/mol. The van der Waals surface area contributed by atoms with Gasteiger partial charge in [0.25, 0.3) is 5.91 Å². The van der Waals surface area contributed by atoms with Gasteiger partial charge in [-0.1, -0.05) is 19.4 Å². The first-order valence-electron chi connectivity index (χ1n) is 5.89. The lowest BCUT2D eigenvalue weighted by atomic mass is 10.0. The molecular weight excluding hydrogens is 218 g/mol. The van der Waals surface area contributed by atoms with Crippen molar-refractivity contribution in [3.05, 3.63) is 23.3 Å². The van der Waals surface area contributed by atoms with Gasteiger partial charge in [0.1, 0.15) is 0 Å². The second-order valence-electron chi connectivity index (χ2n) is 3.85. The molecule has 0 fully saturated rings. The standard InChI is InChI=1S/C13H19NO3/c1-3-5-6-9-7-8-10(13(14)16)11(15)12(9)17-4-2/h7-8,15H,3-6H2,1-2H3,(H2,14,16). The summed E-state index contributed by atoms with van der Waals surface area (Å²) in [6, 6.07) is 3.34. The van der Waals surface area contributed by atoms with E-state index in [0.29, 0.717) is 12.4 Å². The van der Waals surface area contributed by atoms with E-state index in [1.165, 1.54) is 0 Å². The number of nitrogens with two attached hydrogens (primary N) is 1. The summed E-state index contributed by atoms with van der Waals surface area (Å²) in [7, 11) is 0. The molecule has 4 nitrogen and oxygen atoms in total. The van der Waals surface area contributed by atoms with Crippen LogP contribution < -0.4 is 10.5 Å². The minimum atomic E-state index is -0.648. The fourth-order valence-electron chi connectivity index (χ4n) is 1.68. The number of carbonyl (C=O) groups is 1. The number of aromatic hydroxyl groups is 1. The van der Waals surface area contributed by atoms with E-state index in [1.807, 2.05) is 6.92 Å². The zero-order valence-corrected chi connectivity index (χ0v) is 10.3. The number of rotatable bonds is 6. The van der Waals surface area contributed by atoms with Gasteiger partial charge in [-0.2, -0.15) is 0 Å². The number of benzene rings is 1. The molecular formula is C13H19NO3. The quantitative estimate of drug-likeness (QED) is 0.796. The SMILES string of the molecule is CCCCc1ccc(C(N)=O)c(O)c1OCC. The van der Waals surface area contributed by atoms with E-state index in [9.17, 15) is 9.90 Å². The Hall–Kier alpha value is -1.71. The highest BCUT2D eigenvalue weighted by atomic mass is 16.5. The normalized spacial score (nSPS) is 10.2. The van der Waals surface area contributed by atoms with Crippen molar-refractivity contribution < 1.29 is 14.6 Å². The summed E-state index contributed by atoms with van der Waals surface area (Å²) in [4.78, 5) is 11.1. The maximum atomic E-state index is 11.1. The van der Waals surface area contributed by atoms with Crippen molar-refractivity contribution in [2.75, 3.05) is 6.61 Å². The summed E-state index contributed by atoms with van der Waals surface area (Å²) in [6.07, 6.45) is 2.89. The molecule has 0 atom stereocenters. The van der Waals surface area contributed by atoms with E-state index in [-0.39, 0.29) is 11.3 Å². The Morgan fingerprint density at radius 3 is 2.65 bits per heavy atom. The largest absolute Gasteiger partial charge is 0.504 e. The maximum absolute atomic E-state index is 11.1. The molecule has 0 radical (unpaired) electrons. The van der Waals surface area contributed by atoms with Crippen molar-refractivity contribution in [3.8, 4) is 11.5 Å². The lowest BCUT2D eigenvalue weighted by Crippen LogP contribution is -2.12. The average Bonchev–Trinajstić information content (AvgIpc) is 2.29. The van der Waals surface area contributed by atoms with Crippen LogP contribution >= 0.6 is 0 Å². The monoisotopic (exact) mass is 237 g/mol. The van der Waals surface area contributed by atoms with E-state index in [4.69, 9.17) is 10.5 Å². The number of hydrogen-bond donors (Lipinski definition) is 2. The first-order chi connectivity index (χ1) is 8.11. The van der Waals surface area contributed by atoms with Crippen LogP contribution in [0.3, 0.4) is 0 Å². The average molecular weight is 237 g/mol. The molecule has 0 aliphatic carbocycles. The van der Waals surface area contributed by atoms with Crippen LogP contribution in [0, 0.1) is 0 Å². The minimum Gasteiger partial charge on any atom is -0.504 e. The third-order valence-corrected chi connectivity index (χ3v) is 2.57. The molecule has 4 heteroatoms. The molecule has 0 aliphatic heterocycles. The van der Waals surface area contributed by atoms with E-state index in [2.05, 4.69) is 6.92 Å². The molecule has 1 rings (SSSR count). The molecule has 94 valence electrons. The van der Waals surface area contributed by atoms with E-state index >= 15 is 0 Å². The maximum Gasteiger partial charge on any atom is 0.252 e. The second-order valence-corrected chi connectivity index (χ2v) is 3.85. The predicted octanol–water partition coefficient (Wildman–Crippen LogP) is 2.23. The lowest BCUT2D eigenvalue weighted by molar-refractivity contribution is 0.0997. The molecule has 0 aromatic heterocycles. The zero-order chi connectivity index (χ0) is 12.8. The third-order valence-electron chi connectivity index (χ3n) is 2.57. The van der Waals surface area contributed by atoms with Crippen molar-refractivity contribution in [2.45, 2.75) is 33.1 Å². The molecule has 0 bridgehead atoms. The molecule has 0 saturated carbocycles. The Bertz CT molecular complexity index is 402. The molecule has 0 heterocycles. The minimum absolute atomic E-state index is 0.105. The molecule has 1 aromatic carbocycles. The molecule has 0 unspecified atom stereocenters. The van der Waals surface area contributed by atoms with E-state index in [0.717, 1.165) is 24.8 Å². The van der Waals surface area contributed by atoms with Crippen molar-refractivity contribution in [1.29, 1.82) is 0 Å². The molecule has 1 amide bonds. The van der Waals surface area contributed by atoms with Gasteiger partial charge in [0, 0.05) is 0 Å². The highest BCUT2D eigenvalue weighted by molar-refractivity contribution is 5.96. The van der Waals surface area contributed by atoms with E-state index < -0.39 is 5.91 Å². The zero-order valence-electron chi connectivity index (χ0n) is 10.3. The Balaban J connectivity index is 3.14. The molecule has 3 N–H and O–H groups in total. The van der Waals surface area contributed by atoms with Crippen LogP contribution in [0.4, 0.5) is 0 Å². The van der Waals surface area contributed by atoms with Crippen LogP contribution in [-0.4, -0.2) is 17.6 Å². The smallest absolute Gasteiger partial charge is 0.252 e. The van der Waals surface area contributed by atoms with Gasteiger partial charge in [-0.15, -0.1) is 0 Å². The van der Waals surface area contributed by atoms with Gasteiger partial charge in [0.2, 0.25) is 0 Å².